The lowest BCUT2D eigenvalue weighted by atomic mass is 9.79. The molecule has 0 amide bonds. The SMILES string of the molecule is Fc1ccccc1C(CBr)(CBr)CCc1ccsc1. The predicted octanol–water partition coefficient (Wildman–Crippen LogP) is 5.55. The monoisotopic (exact) mass is 404 g/mol. The molecule has 0 fully saturated rings. The van der Waals surface area contributed by atoms with Crippen molar-refractivity contribution >= 4 is 43.2 Å². The third-order valence-electron chi connectivity index (χ3n) is 3.43. The van der Waals surface area contributed by atoms with Crippen molar-refractivity contribution in [3.63, 3.8) is 0 Å². The number of aryl methyl sites for hydroxylation is 1. The average Bonchev–Trinajstić information content (AvgIpc) is 2.95. The van der Waals surface area contributed by atoms with Gasteiger partial charge in [0.1, 0.15) is 5.82 Å². The Hall–Kier alpha value is -0.190. The van der Waals surface area contributed by atoms with Gasteiger partial charge in [-0.2, -0.15) is 11.3 Å². The van der Waals surface area contributed by atoms with Gasteiger partial charge >= 0.3 is 0 Å². The van der Waals surface area contributed by atoms with Gasteiger partial charge in [0.05, 0.1) is 0 Å². The van der Waals surface area contributed by atoms with Gasteiger partial charge in [0.25, 0.3) is 0 Å². The number of thiophene rings is 1. The largest absolute Gasteiger partial charge is 0.207 e. The van der Waals surface area contributed by atoms with Crippen LogP contribution in [0.15, 0.2) is 41.1 Å². The highest BCUT2D eigenvalue weighted by atomic mass is 79.9. The highest BCUT2D eigenvalue weighted by molar-refractivity contribution is 9.09. The van der Waals surface area contributed by atoms with Gasteiger partial charge in [0, 0.05) is 16.1 Å². The molecule has 0 radical (unpaired) electrons. The number of hydrogen-bond donors (Lipinski definition) is 0. The summed E-state index contributed by atoms with van der Waals surface area (Å²) in [5.74, 6) is -0.119. The Kier molecular flexibility index (Phi) is 5.60. The van der Waals surface area contributed by atoms with Gasteiger partial charge in [-0.1, -0.05) is 50.1 Å². The summed E-state index contributed by atoms with van der Waals surface area (Å²) in [4.78, 5) is 0. The molecule has 0 atom stereocenters. The molecule has 0 saturated carbocycles. The Morgan fingerprint density at radius 2 is 1.84 bits per heavy atom. The van der Waals surface area contributed by atoms with E-state index in [0.29, 0.717) is 0 Å². The van der Waals surface area contributed by atoms with E-state index in [0.717, 1.165) is 29.1 Å². The molecule has 1 aromatic carbocycles. The lowest BCUT2D eigenvalue weighted by Gasteiger charge is -2.31. The van der Waals surface area contributed by atoms with Crippen molar-refractivity contribution in [2.75, 3.05) is 10.7 Å². The summed E-state index contributed by atoms with van der Waals surface area (Å²) >= 11 is 8.86. The Bertz CT molecular complexity index is 507. The first-order valence-electron chi connectivity index (χ1n) is 6.10. The minimum atomic E-state index is -0.201. The van der Waals surface area contributed by atoms with Gasteiger partial charge in [-0.25, -0.2) is 4.39 Å². The molecular weight excluding hydrogens is 391 g/mol. The first-order chi connectivity index (χ1) is 9.22. The molecule has 1 aromatic heterocycles. The van der Waals surface area contributed by atoms with Crippen LogP contribution in [0.4, 0.5) is 4.39 Å². The molecule has 0 aliphatic rings. The molecule has 1 heterocycles. The number of alkyl halides is 2. The van der Waals surface area contributed by atoms with Crippen LogP contribution in [0, 0.1) is 5.82 Å². The highest BCUT2D eigenvalue weighted by Gasteiger charge is 2.32. The Labute approximate surface area is 134 Å². The minimum Gasteiger partial charge on any atom is -0.207 e. The van der Waals surface area contributed by atoms with Crippen molar-refractivity contribution in [2.45, 2.75) is 18.3 Å². The van der Waals surface area contributed by atoms with Crippen molar-refractivity contribution in [1.29, 1.82) is 0 Å². The van der Waals surface area contributed by atoms with Crippen molar-refractivity contribution in [1.82, 2.24) is 0 Å². The normalized spacial score (nSPS) is 11.7. The lowest BCUT2D eigenvalue weighted by molar-refractivity contribution is 0.470. The van der Waals surface area contributed by atoms with Crippen LogP contribution >= 0.6 is 43.2 Å². The molecule has 19 heavy (non-hydrogen) atoms. The summed E-state index contributed by atoms with van der Waals surface area (Å²) in [6, 6.07) is 9.22. The molecule has 0 saturated heterocycles. The fourth-order valence-electron chi connectivity index (χ4n) is 2.16. The molecule has 2 rings (SSSR count). The summed E-state index contributed by atoms with van der Waals surface area (Å²) in [7, 11) is 0. The van der Waals surface area contributed by atoms with Crippen LogP contribution in [0.2, 0.25) is 0 Å². The maximum absolute atomic E-state index is 14.1. The van der Waals surface area contributed by atoms with Gasteiger partial charge in [-0.05, 0) is 46.9 Å². The van der Waals surface area contributed by atoms with Gasteiger partial charge in [0.2, 0.25) is 0 Å². The van der Waals surface area contributed by atoms with Crippen LogP contribution in [-0.4, -0.2) is 10.7 Å². The summed E-state index contributed by atoms with van der Waals surface area (Å²) in [6.45, 7) is 0. The number of hydrogen-bond acceptors (Lipinski definition) is 1. The van der Waals surface area contributed by atoms with Crippen molar-refractivity contribution in [3.05, 3.63) is 58.0 Å². The van der Waals surface area contributed by atoms with E-state index in [-0.39, 0.29) is 11.2 Å². The molecule has 0 unspecified atom stereocenters. The quantitative estimate of drug-likeness (QED) is 0.552. The summed E-state index contributed by atoms with van der Waals surface area (Å²) in [5.41, 5.74) is 1.92. The van der Waals surface area contributed by atoms with Crippen LogP contribution in [0.5, 0.6) is 0 Å². The van der Waals surface area contributed by atoms with E-state index in [9.17, 15) is 4.39 Å². The van der Waals surface area contributed by atoms with Gasteiger partial charge in [-0.3, -0.25) is 0 Å². The first kappa shape index (κ1) is 15.2. The van der Waals surface area contributed by atoms with Gasteiger partial charge in [-0.15, -0.1) is 0 Å². The van der Waals surface area contributed by atoms with Crippen LogP contribution in [0.3, 0.4) is 0 Å². The molecule has 4 heteroatoms. The second kappa shape index (κ2) is 7.00. The van der Waals surface area contributed by atoms with Crippen LogP contribution in [-0.2, 0) is 11.8 Å². The van der Waals surface area contributed by atoms with Gasteiger partial charge < -0.3 is 0 Å². The molecule has 2 aromatic rings. The molecule has 0 aliphatic heterocycles. The molecule has 0 spiro atoms. The Morgan fingerprint density at radius 1 is 1.11 bits per heavy atom. The molecule has 0 aliphatic carbocycles. The maximum Gasteiger partial charge on any atom is 0.127 e. The third kappa shape index (κ3) is 3.47. The van der Waals surface area contributed by atoms with E-state index >= 15 is 0 Å². The van der Waals surface area contributed by atoms with E-state index in [4.69, 9.17) is 0 Å². The first-order valence-corrected chi connectivity index (χ1v) is 9.28. The standard InChI is InChI=1S/C15H15Br2FS/c16-10-15(11-17,7-5-12-6-8-19-9-12)13-3-1-2-4-14(13)18/h1-4,6,8-9H,5,7,10-11H2. The molecule has 0 bridgehead atoms. The summed E-state index contributed by atoms with van der Waals surface area (Å²) in [5, 5.41) is 5.74. The predicted molar refractivity (Wildman–Crippen MR) is 88.3 cm³/mol. The lowest BCUT2D eigenvalue weighted by Crippen LogP contribution is -2.32. The van der Waals surface area contributed by atoms with Crippen molar-refractivity contribution < 1.29 is 4.39 Å². The third-order valence-corrected chi connectivity index (χ3v) is 6.31. The van der Waals surface area contributed by atoms with Crippen molar-refractivity contribution in [2.24, 2.45) is 0 Å². The van der Waals surface area contributed by atoms with Crippen molar-refractivity contribution in [3.8, 4) is 0 Å². The summed E-state index contributed by atoms with van der Waals surface area (Å²) < 4.78 is 14.1. The second-order valence-electron chi connectivity index (χ2n) is 4.66. The molecular formula is C15H15Br2FS. The molecule has 0 nitrogen and oxygen atoms in total. The fourth-order valence-corrected chi connectivity index (χ4v) is 4.95. The number of halogens is 3. The molecule has 102 valence electrons. The zero-order chi connectivity index (χ0) is 13.7. The smallest absolute Gasteiger partial charge is 0.127 e. The number of rotatable bonds is 6. The summed E-state index contributed by atoms with van der Waals surface area (Å²) in [6.07, 6.45) is 1.89. The van der Waals surface area contributed by atoms with E-state index in [1.54, 1.807) is 23.5 Å². The van der Waals surface area contributed by atoms with E-state index in [1.807, 2.05) is 12.1 Å². The topological polar surface area (TPSA) is 0 Å². The Balaban J connectivity index is 2.24. The molecule has 0 N–H and O–H groups in total. The van der Waals surface area contributed by atoms with Crippen LogP contribution in [0.25, 0.3) is 0 Å². The van der Waals surface area contributed by atoms with E-state index in [2.05, 4.69) is 48.7 Å². The van der Waals surface area contributed by atoms with Crippen LogP contribution < -0.4 is 0 Å². The van der Waals surface area contributed by atoms with Crippen LogP contribution in [0.1, 0.15) is 17.5 Å². The van der Waals surface area contributed by atoms with E-state index in [1.165, 1.54) is 5.56 Å². The Morgan fingerprint density at radius 3 is 2.42 bits per heavy atom. The minimum absolute atomic E-state index is 0.119. The zero-order valence-corrected chi connectivity index (χ0v) is 14.4. The maximum atomic E-state index is 14.1. The zero-order valence-electron chi connectivity index (χ0n) is 10.4. The highest BCUT2D eigenvalue weighted by Crippen LogP contribution is 2.35. The average molecular weight is 406 g/mol. The second-order valence-corrected chi connectivity index (χ2v) is 6.56. The van der Waals surface area contributed by atoms with E-state index < -0.39 is 0 Å². The van der Waals surface area contributed by atoms with Gasteiger partial charge in [0.15, 0.2) is 0 Å². The fraction of sp³-hybridized carbons (Fsp3) is 0.333. The number of benzene rings is 1.